The Morgan fingerprint density at radius 2 is 2.21 bits per heavy atom. The molecule has 2 rings (SSSR count). The number of nitro benzene ring substituents is 1. The second kappa shape index (κ2) is 5.26. The molecule has 1 aromatic carbocycles. The second-order valence-electron chi connectivity index (χ2n) is 4.77. The van der Waals surface area contributed by atoms with Crippen molar-refractivity contribution in [3.63, 3.8) is 0 Å². The standard InChI is InChI=1S/C13H16N2O4/c1-9-3-2-4-11(15(18)19)13(9)14(10-5-6-10)8-7-12(16)17/h2-4,10H,5-8H2,1H3,(H,16,17). The monoisotopic (exact) mass is 264 g/mol. The molecule has 19 heavy (non-hydrogen) atoms. The quantitative estimate of drug-likeness (QED) is 0.629. The van der Waals surface area contributed by atoms with E-state index in [-0.39, 0.29) is 18.2 Å². The molecule has 0 heterocycles. The number of carboxylic acids is 1. The van der Waals surface area contributed by atoms with Crippen LogP contribution in [0.4, 0.5) is 11.4 Å². The summed E-state index contributed by atoms with van der Waals surface area (Å²) < 4.78 is 0. The van der Waals surface area contributed by atoms with Gasteiger partial charge in [0, 0.05) is 18.7 Å². The largest absolute Gasteiger partial charge is 0.481 e. The fraction of sp³-hybridized carbons (Fsp3) is 0.462. The van der Waals surface area contributed by atoms with Crippen LogP contribution in [0.2, 0.25) is 0 Å². The maximum Gasteiger partial charge on any atom is 0.305 e. The highest BCUT2D eigenvalue weighted by molar-refractivity contribution is 5.71. The Morgan fingerprint density at radius 3 is 2.74 bits per heavy atom. The molecule has 1 N–H and O–H groups in total. The van der Waals surface area contributed by atoms with Crippen LogP contribution in [0.5, 0.6) is 0 Å². The molecule has 0 atom stereocenters. The Hall–Kier alpha value is -2.11. The summed E-state index contributed by atoms with van der Waals surface area (Å²) in [4.78, 5) is 23.3. The van der Waals surface area contributed by atoms with Crippen LogP contribution < -0.4 is 4.90 Å². The molecule has 0 bridgehead atoms. The number of aliphatic carboxylic acids is 1. The van der Waals surface area contributed by atoms with Gasteiger partial charge in [0.25, 0.3) is 5.69 Å². The lowest BCUT2D eigenvalue weighted by molar-refractivity contribution is -0.384. The first-order chi connectivity index (χ1) is 9.00. The Bertz CT molecular complexity index is 511. The fourth-order valence-electron chi connectivity index (χ4n) is 2.24. The van der Waals surface area contributed by atoms with E-state index in [9.17, 15) is 14.9 Å². The molecule has 0 aromatic heterocycles. The molecule has 0 aliphatic heterocycles. The summed E-state index contributed by atoms with van der Waals surface area (Å²) in [6, 6.07) is 5.18. The normalized spacial score (nSPS) is 14.2. The highest BCUT2D eigenvalue weighted by Gasteiger charge is 2.33. The first-order valence-electron chi connectivity index (χ1n) is 6.23. The number of hydrogen-bond acceptors (Lipinski definition) is 4. The number of carboxylic acid groups (broad SMARTS) is 1. The van der Waals surface area contributed by atoms with Crippen LogP contribution in [0, 0.1) is 17.0 Å². The highest BCUT2D eigenvalue weighted by Crippen LogP contribution is 2.39. The summed E-state index contributed by atoms with van der Waals surface area (Å²) in [6.07, 6.45) is 1.91. The van der Waals surface area contributed by atoms with Crippen LogP contribution in [0.25, 0.3) is 0 Å². The molecular weight excluding hydrogens is 248 g/mol. The predicted octanol–water partition coefficient (Wildman–Crippen LogP) is 2.35. The van der Waals surface area contributed by atoms with E-state index in [0.717, 1.165) is 18.4 Å². The van der Waals surface area contributed by atoms with Crippen molar-refractivity contribution >= 4 is 17.3 Å². The SMILES string of the molecule is Cc1cccc([N+](=O)[O-])c1N(CCC(=O)O)C1CC1. The van der Waals surface area contributed by atoms with E-state index in [4.69, 9.17) is 5.11 Å². The van der Waals surface area contributed by atoms with Gasteiger partial charge in [-0.05, 0) is 25.3 Å². The summed E-state index contributed by atoms with van der Waals surface area (Å²) in [5, 5.41) is 19.9. The molecule has 0 radical (unpaired) electrons. The van der Waals surface area contributed by atoms with Crippen LogP contribution in [-0.4, -0.2) is 28.6 Å². The van der Waals surface area contributed by atoms with Crippen molar-refractivity contribution < 1.29 is 14.8 Å². The molecule has 1 aromatic rings. The minimum Gasteiger partial charge on any atom is -0.481 e. The topological polar surface area (TPSA) is 83.7 Å². The number of carbonyl (C=O) groups is 1. The van der Waals surface area contributed by atoms with E-state index >= 15 is 0 Å². The third-order valence-electron chi connectivity index (χ3n) is 3.25. The average Bonchev–Trinajstić information content (AvgIpc) is 3.14. The summed E-state index contributed by atoms with van der Waals surface area (Å²) in [5.41, 5.74) is 1.43. The maximum absolute atomic E-state index is 11.1. The Morgan fingerprint density at radius 1 is 1.53 bits per heavy atom. The van der Waals surface area contributed by atoms with E-state index in [2.05, 4.69) is 0 Å². The number of rotatable bonds is 6. The van der Waals surface area contributed by atoms with Crippen LogP contribution in [-0.2, 0) is 4.79 Å². The van der Waals surface area contributed by atoms with Crippen molar-refractivity contribution in [1.82, 2.24) is 0 Å². The first-order valence-corrected chi connectivity index (χ1v) is 6.23. The van der Waals surface area contributed by atoms with Gasteiger partial charge in [0.1, 0.15) is 5.69 Å². The average molecular weight is 264 g/mol. The molecular formula is C13H16N2O4. The summed E-state index contributed by atoms with van der Waals surface area (Å²) >= 11 is 0. The third-order valence-corrected chi connectivity index (χ3v) is 3.25. The molecule has 1 fully saturated rings. The van der Waals surface area contributed by atoms with Crippen molar-refractivity contribution in [2.75, 3.05) is 11.4 Å². The minimum absolute atomic E-state index is 0.0119. The van der Waals surface area contributed by atoms with Gasteiger partial charge < -0.3 is 10.0 Å². The Balaban J connectivity index is 2.35. The van der Waals surface area contributed by atoms with Crippen molar-refractivity contribution in [2.45, 2.75) is 32.2 Å². The lowest BCUT2D eigenvalue weighted by atomic mass is 10.1. The van der Waals surface area contributed by atoms with Crippen molar-refractivity contribution in [2.24, 2.45) is 0 Å². The van der Waals surface area contributed by atoms with Crippen LogP contribution in [0.15, 0.2) is 18.2 Å². The number of nitrogens with zero attached hydrogens (tertiary/aromatic N) is 2. The maximum atomic E-state index is 11.1. The Kier molecular flexibility index (Phi) is 3.69. The summed E-state index contributed by atoms with van der Waals surface area (Å²) in [7, 11) is 0. The molecule has 1 aliphatic carbocycles. The zero-order chi connectivity index (χ0) is 14.0. The molecule has 1 aliphatic rings. The third kappa shape index (κ3) is 3.01. The number of nitro groups is 1. The lowest BCUT2D eigenvalue weighted by Crippen LogP contribution is -2.29. The highest BCUT2D eigenvalue weighted by atomic mass is 16.6. The van der Waals surface area contributed by atoms with Gasteiger partial charge >= 0.3 is 5.97 Å². The van der Waals surface area contributed by atoms with Crippen LogP contribution in [0.1, 0.15) is 24.8 Å². The lowest BCUT2D eigenvalue weighted by Gasteiger charge is -2.25. The van der Waals surface area contributed by atoms with Crippen molar-refractivity contribution in [1.29, 1.82) is 0 Å². The fourth-order valence-corrected chi connectivity index (χ4v) is 2.24. The molecule has 0 unspecified atom stereocenters. The van der Waals surface area contributed by atoms with E-state index in [1.165, 1.54) is 6.07 Å². The van der Waals surface area contributed by atoms with Crippen molar-refractivity contribution in [3.8, 4) is 0 Å². The van der Waals surface area contributed by atoms with E-state index in [0.29, 0.717) is 12.2 Å². The molecule has 6 heteroatoms. The predicted molar refractivity (Wildman–Crippen MR) is 70.5 cm³/mol. The van der Waals surface area contributed by atoms with Gasteiger partial charge in [-0.1, -0.05) is 12.1 Å². The molecule has 6 nitrogen and oxygen atoms in total. The number of para-hydroxylation sites is 1. The number of hydrogen-bond donors (Lipinski definition) is 1. The van der Waals surface area contributed by atoms with Crippen LogP contribution in [0.3, 0.4) is 0 Å². The van der Waals surface area contributed by atoms with Gasteiger partial charge in [-0.2, -0.15) is 0 Å². The molecule has 0 saturated heterocycles. The smallest absolute Gasteiger partial charge is 0.305 e. The second-order valence-corrected chi connectivity index (χ2v) is 4.77. The van der Waals surface area contributed by atoms with Gasteiger partial charge in [-0.3, -0.25) is 14.9 Å². The van der Waals surface area contributed by atoms with Gasteiger partial charge in [0.2, 0.25) is 0 Å². The number of anilines is 1. The molecule has 102 valence electrons. The molecule has 0 spiro atoms. The van der Waals surface area contributed by atoms with Gasteiger partial charge in [0.15, 0.2) is 0 Å². The summed E-state index contributed by atoms with van der Waals surface area (Å²) in [6.45, 7) is 2.13. The molecule has 1 saturated carbocycles. The number of aryl methyl sites for hydroxylation is 1. The zero-order valence-electron chi connectivity index (χ0n) is 10.7. The van der Waals surface area contributed by atoms with Gasteiger partial charge in [-0.25, -0.2) is 0 Å². The number of benzene rings is 1. The van der Waals surface area contributed by atoms with Crippen molar-refractivity contribution in [3.05, 3.63) is 33.9 Å². The molecule has 0 amide bonds. The van der Waals surface area contributed by atoms with E-state index in [1.807, 2.05) is 17.9 Å². The van der Waals surface area contributed by atoms with E-state index in [1.54, 1.807) is 6.07 Å². The van der Waals surface area contributed by atoms with E-state index < -0.39 is 10.9 Å². The summed E-state index contributed by atoms with van der Waals surface area (Å²) in [5.74, 6) is -0.887. The zero-order valence-corrected chi connectivity index (χ0v) is 10.7. The minimum atomic E-state index is -0.887. The Labute approximate surface area is 110 Å². The van der Waals surface area contributed by atoms with Crippen LogP contribution >= 0.6 is 0 Å². The van der Waals surface area contributed by atoms with Gasteiger partial charge in [0.05, 0.1) is 11.3 Å². The van der Waals surface area contributed by atoms with Gasteiger partial charge in [-0.15, -0.1) is 0 Å². The first kappa shape index (κ1) is 13.3.